The molecule has 1 heterocycles. The second kappa shape index (κ2) is 7.81. The Morgan fingerprint density at radius 2 is 1.92 bits per heavy atom. The molecule has 2 amide bonds. The van der Waals surface area contributed by atoms with Crippen molar-refractivity contribution in [3.8, 4) is 10.9 Å². The maximum Gasteiger partial charge on any atom is 0.319 e. The minimum Gasteiger partial charge on any atom is -0.431 e. The van der Waals surface area contributed by atoms with Crippen LogP contribution in [0.25, 0.3) is 0 Å². The van der Waals surface area contributed by atoms with E-state index in [1.54, 1.807) is 6.20 Å². The summed E-state index contributed by atoms with van der Waals surface area (Å²) in [7, 11) is 0. The van der Waals surface area contributed by atoms with E-state index in [1.165, 1.54) is 16.9 Å². The highest BCUT2D eigenvalue weighted by Crippen LogP contribution is 2.23. The van der Waals surface area contributed by atoms with Gasteiger partial charge in [0, 0.05) is 23.8 Å². The van der Waals surface area contributed by atoms with Crippen LogP contribution >= 0.6 is 11.3 Å². The smallest absolute Gasteiger partial charge is 0.319 e. The minimum absolute atomic E-state index is 0.230. The van der Waals surface area contributed by atoms with E-state index in [0.717, 1.165) is 22.6 Å². The molecule has 128 valence electrons. The Morgan fingerprint density at radius 1 is 1.12 bits per heavy atom. The molecule has 0 atom stereocenters. The topological polar surface area (TPSA) is 63.2 Å². The first-order valence-corrected chi connectivity index (χ1v) is 8.76. The third-order valence-electron chi connectivity index (χ3n) is 3.76. The Labute approximate surface area is 150 Å². The predicted molar refractivity (Wildman–Crippen MR) is 100 cm³/mol. The number of nitrogens with zero attached hydrogens (tertiary/aromatic N) is 1. The molecule has 2 aromatic carbocycles. The molecule has 0 aliphatic carbocycles. The molecule has 0 saturated carbocycles. The number of anilines is 1. The molecular weight excluding hydrogens is 334 g/mol. The number of hydrogen-bond donors (Lipinski definition) is 2. The van der Waals surface area contributed by atoms with Gasteiger partial charge in [0.25, 0.3) is 5.19 Å². The van der Waals surface area contributed by atoms with Crippen LogP contribution in [-0.4, -0.2) is 11.0 Å². The van der Waals surface area contributed by atoms with Crippen LogP contribution in [0.3, 0.4) is 0 Å². The van der Waals surface area contributed by atoms with E-state index in [2.05, 4.69) is 15.6 Å². The van der Waals surface area contributed by atoms with Crippen molar-refractivity contribution < 1.29 is 9.53 Å². The summed E-state index contributed by atoms with van der Waals surface area (Å²) in [4.78, 5) is 16.1. The molecule has 0 saturated heterocycles. The van der Waals surface area contributed by atoms with Crippen molar-refractivity contribution in [3.63, 3.8) is 0 Å². The first-order valence-electron chi connectivity index (χ1n) is 7.88. The van der Waals surface area contributed by atoms with Gasteiger partial charge in [0.15, 0.2) is 0 Å². The van der Waals surface area contributed by atoms with Crippen molar-refractivity contribution in [1.29, 1.82) is 0 Å². The van der Waals surface area contributed by atoms with Gasteiger partial charge in [-0.2, -0.15) is 0 Å². The summed E-state index contributed by atoms with van der Waals surface area (Å²) in [5.41, 5.74) is 4.12. The van der Waals surface area contributed by atoms with E-state index in [1.807, 2.05) is 61.7 Å². The molecule has 5 nitrogen and oxygen atoms in total. The quantitative estimate of drug-likeness (QED) is 0.687. The average molecular weight is 353 g/mol. The lowest BCUT2D eigenvalue weighted by atomic mass is 10.1. The van der Waals surface area contributed by atoms with Crippen molar-refractivity contribution >= 4 is 23.1 Å². The zero-order valence-electron chi connectivity index (χ0n) is 14.1. The number of carbonyl (C=O) groups is 1. The number of rotatable bonds is 5. The van der Waals surface area contributed by atoms with Crippen molar-refractivity contribution in [2.24, 2.45) is 0 Å². The molecule has 0 bridgehead atoms. The number of ether oxygens (including phenoxy) is 1. The molecule has 0 radical (unpaired) electrons. The Balaban J connectivity index is 1.50. The van der Waals surface area contributed by atoms with Crippen LogP contribution in [0, 0.1) is 13.8 Å². The number of nitrogens with one attached hydrogen (secondary N) is 2. The van der Waals surface area contributed by atoms with Crippen LogP contribution in [0.1, 0.15) is 16.7 Å². The Kier molecular flexibility index (Phi) is 5.30. The normalized spacial score (nSPS) is 10.3. The average Bonchev–Trinajstić information content (AvgIpc) is 3.11. The van der Waals surface area contributed by atoms with Gasteiger partial charge in [-0.3, -0.25) is 0 Å². The van der Waals surface area contributed by atoms with Gasteiger partial charge in [-0.15, -0.1) is 0 Å². The van der Waals surface area contributed by atoms with E-state index in [4.69, 9.17) is 4.74 Å². The molecule has 0 unspecified atom stereocenters. The Bertz CT molecular complexity index is 846. The van der Waals surface area contributed by atoms with Crippen LogP contribution in [0.2, 0.25) is 0 Å². The van der Waals surface area contributed by atoms with Crippen LogP contribution in [0.15, 0.2) is 54.0 Å². The Morgan fingerprint density at radius 3 is 2.60 bits per heavy atom. The van der Waals surface area contributed by atoms with E-state index in [-0.39, 0.29) is 6.03 Å². The van der Waals surface area contributed by atoms with Crippen molar-refractivity contribution in [1.82, 2.24) is 10.3 Å². The first kappa shape index (κ1) is 17.0. The highest BCUT2D eigenvalue weighted by Gasteiger charge is 2.04. The second-order valence-electron chi connectivity index (χ2n) is 5.65. The van der Waals surface area contributed by atoms with E-state index in [0.29, 0.717) is 11.7 Å². The SMILES string of the molecule is Cc1ccc(NC(=O)NCc2ccc(Oc3nccs3)cc2)cc1C. The molecule has 3 rings (SSSR count). The Hall–Kier alpha value is -2.86. The lowest BCUT2D eigenvalue weighted by molar-refractivity contribution is 0.251. The molecule has 1 aromatic heterocycles. The fourth-order valence-corrected chi connectivity index (χ4v) is 2.72. The van der Waals surface area contributed by atoms with Gasteiger partial charge in [0.1, 0.15) is 5.75 Å². The maximum absolute atomic E-state index is 12.0. The van der Waals surface area contributed by atoms with Gasteiger partial charge in [-0.05, 0) is 54.8 Å². The summed E-state index contributed by atoms with van der Waals surface area (Å²) >= 11 is 1.44. The largest absolute Gasteiger partial charge is 0.431 e. The van der Waals surface area contributed by atoms with Gasteiger partial charge in [-0.1, -0.05) is 29.5 Å². The highest BCUT2D eigenvalue weighted by molar-refractivity contribution is 7.11. The third kappa shape index (κ3) is 4.81. The number of thiazole rings is 1. The number of urea groups is 1. The van der Waals surface area contributed by atoms with Crippen molar-refractivity contribution in [3.05, 3.63) is 70.7 Å². The monoisotopic (exact) mass is 353 g/mol. The number of amides is 2. The fraction of sp³-hybridized carbons (Fsp3) is 0.158. The van der Waals surface area contributed by atoms with E-state index >= 15 is 0 Å². The van der Waals surface area contributed by atoms with Gasteiger partial charge >= 0.3 is 6.03 Å². The van der Waals surface area contributed by atoms with Gasteiger partial charge in [0.05, 0.1) is 0 Å². The standard InChI is InChI=1S/C19H19N3O2S/c1-13-3-6-16(11-14(13)2)22-18(23)21-12-15-4-7-17(8-5-15)24-19-20-9-10-25-19/h3-11H,12H2,1-2H3,(H2,21,22,23). The number of hydrogen-bond acceptors (Lipinski definition) is 4. The maximum atomic E-state index is 12.0. The van der Waals surface area contributed by atoms with Crippen LogP contribution in [0.5, 0.6) is 10.9 Å². The summed E-state index contributed by atoms with van der Waals surface area (Å²) < 4.78 is 5.61. The third-order valence-corrected chi connectivity index (χ3v) is 4.40. The van der Waals surface area contributed by atoms with Crippen LogP contribution < -0.4 is 15.4 Å². The number of aryl methyl sites for hydroxylation is 2. The van der Waals surface area contributed by atoms with Crippen LogP contribution in [0.4, 0.5) is 10.5 Å². The number of benzene rings is 2. The lowest BCUT2D eigenvalue weighted by Gasteiger charge is -2.10. The first-order chi connectivity index (χ1) is 12.1. The molecule has 6 heteroatoms. The van der Waals surface area contributed by atoms with Gasteiger partial charge < -0.3 is 15.4 Å². The molecule has 25 heavy (non-hydrogen) atoms. The van der Waals surface area contributed by atoms with E-state index < -0.39 is 0 Å². The number of carbonyl (C=O) groups excluding carboxylic acids is 1. The highest BCUT2D eigenvalue weighted by atomic mass is 32.1. The molecule has 0 aliphatic heterocycles. The summed E-state index contributed by atoms with van der Waals surface area (Å²) in [6, 6.07) is 13.2. The van der Waals surface area contributed by atoms with Crippen molar-refractivity contribution in [2.75, 3.05) is 5.32 Å². The lowest BCUT2D eigenvalue weighted by Crippen LogP contribution is -2.28. The molecule has 0 fully saturated rings. The predicted octanol–water partition coefficient (Wildman–Crippen LogP) is 4.87. The van der Waals surface area contributed by atoms with Gasteiger partial charge in [0.2, 0.25) is 0 Å². The zero-order chi connectivity index (χ0) is 17.6. The minimum atomic E-state index is -0.230. The van der Waals surface area contributed by atoms with Crippen LogP contribution in [-0.2, 0) is 6.54 Å². The van der Waals surface area contributed by atoms with Gasteiger partial charge in [-0.25, -0.2) is 9.78 Å². The zero-order valence-corrected chi connectivity index (χ0v) is 14.9. The molecular formula is C19H19N3O2S. The van der Waals surface area contributed by atoms with E-state index in [9.17, 15) is 4.79 Å². The molecule has 0 spiro atoms. The van der Waals surface area contributed by atoms with Crippen molar-refractivity contribution in [2.45, 2.75) is 20.4 Å². The molecule has 0 aliphatic rings. The number of aromatic nitrogens is 1. The molecule has 3 aromatic rings. The fourth-order valence-electron chi connectivity index (χ4n) is 2.21. The summed E-state index contributed by atoms with van der Waals surface area (Å²) in [6.45, 7) is 4.50. The molecule has 2 N–H and O–H groups in total. The summed E-state index contributed by atoms with van der Waals surface area (Å²) in [5, 5.41) is 8.16. The summed E-state index contributed by atoms with van der Waals surface area (Å²) in [5.74, 6) is 0.721. The second-order valence-corrected chi connectivity index (χ2v) is 6.51. The summed E-state index contributed by atoms with van der Waals surface area (Å²) in [6.07, 6.45) is 1.70.